The Morgan fingerprint density at radius 2 is 1.85 bits per heavy atom. The molecule has 0 unspecified atom stereocenters. The van der Waals surface area contributed by atoms with Crippen molar-refractivity contribution in [3.8, 4) is 0 Å². The van der Waals surface area contributed by atoms with Crippen molar-refractivity contribution in [1.29, 1.82) is 0 Å². The van der Waals surface area contributed by atoms with E-state index in [0.717, 1.165) is 0 Å². The topological polar surface area (TPSA) is 30.7 Å². The van der Waals surface area contributed by atoms with Gasteiger partial charge in [0, 0.05) is 6.04 Å². The number of rotatable bonds is 1. The Morgan fingerprint density at radius 1 is 1.31 bits per heavy atom. The van der Waals surface area contributed by atoms with Gasteiger partial charge in [-0.1, -0.05) is 0 Å². The van der Waals surface area contributed by atoms with E-state index in [-0.39, 0.29) is 11.9 Å². The predicted octanol–water partition coefficient (Wildman–Crippen LogP) is 2.19. The van der Waals surface area contributed by atoms with Crippen molar-refractivity contribution in [3.63, 3.8) is 0 Å². The van der Waals surface area contributed by atoms with Gasteiger partial charge in [0.15, 0.2) is 0 Å². The van der Waals surface area contributed by atoms with Gasteiger partial charge in [-0.2, -0.15) is 13.2 Å². The number of nitrogens with zero attached hydrogens (tertiary/aromatic N) is 3. The Hall–Kier alpha value is -1.07. The lowest BCUT2D eigenvalue weighted by atomic mass is 10.4. The Balaban J connectivity index is 3.10. The normalized spacial score (nSPS) is 12.5. The monoisotopic (exact) mass is 193 g/mol. The maximum absolute atomic E-state index is 12.1. The van der Waals surface area contributed by atoms with Crippen LogP contribution in [0.4, 0.5) is 13.2 Å². The van der Waals surface area contributed by atoms with E-state index in [1.165, 1.54) is 11.6 Å². The van der Waals surface area contributed by atoms with Gasteiger partial charge in [-0.15, -0.1) is 5.10 Å². The fraction of sp³-hybridized carbons (Fsp3) is 0.714. The average Bonchev–Trinajstić information content (AvgIpc) is 2.29. The number of halogens is 3. The Labute approximate surface area is 73.6 Å². The first-order valence-corrected chi connectivity index (χ1v) is 3.82. The molecule has 1 aromatic heterocycles. The second-order valence-corrected chi connectivity index (χ2v) is 3.02. The molecule has 0 saturated heterocycles. The third kappa shape index (κ3) is 1.99. The molecule has 0 aliphatic heterocycles. The number of hydrogen-bond acceptors (Lipinski definition) is 2. The van der Waals surface area contributed by atoms with Crippen molar-refractivity contribution >= 4 is 0 Å². The largest absolute Gasteiger partial charge is 0.453 e. The summed E-state index contributed by atoms with van der Waals surface area (Å²) in [5.41, 5.74) is 0. The number of alkyl halides is 3. The van der Waals surface area contributed by atoms with Gasteiger partial charge >= 0.3 is 6.18 Å². The maximum atomic E-state index is 12.1. The van der Waals surface area contributed by atoms with Crippen molar-refractivity contribution < 1.29 is 13.2 Å². The third-order valence-electron chi connectivity index (χ3n) is 1.54. The molecule has 0 spiro atoms. The molecule has 0 saturated carbocycles. The van der Waals surface area contributed by atoms with Gasteiger partial charge < -0.3 is 0 Å². The Kier molecular flexibility index (Phi) is 2.32. The van der Waals surface area contributed by atoms with Crippen LogP contribution < -0.4 is 0 Å². The van der Waals surface area contributed by atoms with Crippen LogP contribution in [0.25, 0.3) is 0 Å². The summed E-state index contributed by atoms with van der Waals surface area (Å²) < 4.78 is 37.6. The minimum absolute atomic E-state index is 0.108. The van der Waals surface area contributed by atoms with Crippen LogP contribution in [0.1, 0.15) is 31.5 Å². The minimum Gasteiger partial charge on any atom is -0.247 e. The molecule has 13 heavy (non-hydrogen) atoms. The fourth-order valence-corrected chi connectivity index (χ4v) is 1.01. The molecule has 0 atom stereocenters. The van der Waals surface area contributed by atoms with Crippen molar-refractivity contribution in [1.82, 2.24) is 14.8 Å². The molecule has 6 heteroatoms. The molecule has 1 rings (SSSR count). The number of aromatic nitrogens is 3. The highest BCUT2D eigenvalue weighted by Gasteiger charge is 2.36. The standard InChI is InChI=1S/C7H10F3N3/c1-4(2)13-5(3)11-6(12-13)7(8,9)10/h4H,1-3H3. The number of aryl methyl sites for hydroxylation is 1. The molecule has 0 aromatic carbocycles. The van der Waals surface area contributed by atoms with Gasteiger partial charge in [0.25, 0.3) is 5.82 Å². The van der Waals surface area contributed by atoms with Gasteiger partial charge in [0.1, 0.15) is 5.82 Å². The van der Waals surface area contributed by atoms with Crippen LogP contribution in [-0.4, -0.2) is 14.8 Å². The SMILES string of the molecule is Cc1nc(C(F)(F)F)nn1C(C)C. The molecule has 0 aliphatic rings. The van der Waals surface area contributed by atoms with Crippen LogP contribution in [0, 0.1) is 6.92 Å². The van der Waals surface area contributed by atoms with Crippen molar-refractivity contribution in [2.24, 2.45) is 0 Å². The lowest BCUT2D eigenvalue weighted by molar-refractivity contribution is -0.145. The van der Waals surface area contributed by atoms with Gasteiger partial charge in [-0.05, 0) is 20.8 Å². The van der Waals surface area contributed by atoms with E-state index in [1.54, 1.807) is 13.8 Å². The molecular weight excluding hydrogens is 183 g/mol. The first-order valence-electron chi connectivity index (χ1n) is 3.82. The summed E-state index contributed by atoms with van der Waals surface area (Å²) in [6.07, 6.45) is -4.45. The molecule has 1 heterocycles. The van der Waals surface area contributed by atoms with Crippen LogP contribution >= 0.6 is 0 Å². The van der Waals surface area contributed by atoms with E-state index in [4.69, 9.17) is 0 Å². The van der Waals surface area contributed by atoms with E-state index in [2.05, 4.69) is 10.1 Å². The van der Waals surface area contributed by atoms with Crippen molar-refractivity contribution in [2.75, 3.05) is 0 Å². The molecular formula is C7H10F3N3. The summed E-state index contributed by atoms with van der Waals surface area (Å²) in [5.74, 6) is -0.791. The summed E-state index contributed by atoms with van der Waals surface area (Å²) in [6, 6.07) is -0.108. The summed E-state index contributed by atoms with van der Waals surface area (Å²) in [4.78, 5) is 3.33. The predicted molar refractivity (Wildman–Crippen MR) is 40.1 cm³/mol. The van der Waals surface area contributed by atoms with Gasteiger partial charge in [-0.3, -0.25) is 0 Å². The van der Waals surface area contributed by atoms with Crippen molar-refractivity contribution in [2.45, 2.75) is 33.0 Å². The third-order valence-corrected chi connectivity index (χ3v) is 1.54. The highest BCUT2D eigenvalue weighted by Crippen LogP contribution is 2.26. The molecule has 0 N–H and O–H groups in total. The first-order chi connectivity index (χ1) is 5.82. The van der Waals surface area contributed by atoms with E-state index in [9.17, 15) is 13.2 Å². The highest BCUT2D eigenvalue weighted by atomic mass is 19.4. The summed E-state index contributed by atoms with van der Waals surface area (Å²) in [6.45, 7) is 5.01. The van der Waals surface area contributed by atoms with Crippen LogP contribution in [0.5, 0.6) is 0 Å². The Bertz CT molecular complexity index is 300. The molecule has 1 aromatic rings. The van der Waals surface area contributed by atoms with Crippen LogP contribution in [0.3, 0.4) is 0 Å². The summed E-state index contributed by atoms with van der Waals surface area (Å²) >= 11 is 0. The zero-order valence-electron chi connectivity index (χ0n) is 7.55. The van der Waals surface area contributed by atoms with Gasteiger partial charge in [0.05, 0.1) is 0 Å². The van der Waals surface area contributed by atoms with Crippen LogP contribution in [0.15, 0.2) is 0 Å². The van der Waals surface area contributed by atoms with E-state index < -0.39 is 12.0 Å². The lowest BCUT2D eigenvalue weighted by Gasteiger charge is -2.05. The van der Waals surface area contributed by atoms with E-state index >= 15 is 0 Å². The Morgan fingerprint density at radius 3 is 2.08 bits per heavy atom. The summed E-state index contributed by atoms with van der Waals surface area (Å²) in [7, 11) is 0. The van der Waals surface area contributed by atoms with E-state index in [1.807, 2.05) is 0 Å². The molecule has 3 nitrogen and oxygen atoms in total. The minimum atomic E-state index is -4.45. The molecule has 0 fully saturated rings. The molecule has 0 amide bonds. The quantitative estimate of drug-likeness (QED) is 0.684. The fourth-order valence-electron chi connectivity index (χ4n) is 1.01. The zero-order valence-corrected chi connectivity index (χ0v) is 7.55. The highest BCUT2D eigenvalue weighted by molar-refractivity contribution is 4.95. The second-order valence-electron chi connectivity index (χ2n) is 3.02. The lowest BCUT2D eigenvalue weighted by Crippen LogP contribution is -2.10. The molecule has 0 bridgehead atoms. The van der Waals surface area contributed by atoms with Crippen molar-refractivity contribution in [3.05, 3.63) is 11.6 Å². The van der Waals surface area contributed by atoms with Gasteiger partial charge in [-0.25, -0.2) is 9.67 Å². The molecule has 0 radical (unpaired) electrons. The van der Waals surface area contributed by atoms with Crippen LogP contribution in [-0.2, 0) is 6.18 Å². The average molecular weight is 193 g/mol. The second kappa shape index (κ2) is 3.01. The zero-order chi connectivity index (χ0) is 10.2. The first kappa shape index (κ1) is 10.0. The number of hydrogen-bond donors (Lipinski definition) is 0. The summed E-state index contributed by atoms with van der Waals surface area (Å²) in [5, 5.41) is 3.36. The van der Waals surface area contributed by atoms with E-state index in [0.29, 0.717) is 0 Å². The molecule has 74 valence electrons. The van der Waals surface area contributed by atoms with Crippen LogP contribution in [0.2, 0.25) is 0 Å². The smallest absolute Gasteiger partial charge is 0.247 e. The van der Waals surface area contributed by atoms with Gasteiger partial charge in [0.2, 0.25) is 0 Å². The molecule has 0 aliphatic carbocycles. The maximum Gasteiger partial charge on any atom is 0.453 e.